The van der Waals surface area contributed by atoms with Gasteiger partial charge in [0.1, 0.15) is 12.1 Å². The summed E-state index contributed by atoms with van der Waals surface area (Å²) in [5, 5.41) is 3.63. The molecule has 7 heteroatoms. The molecule has 72 valence electrons. The van der Waals surface area contributed by atoms with Crippen molar-refractivity contribution in [2.45, 2.75) is 0 Å². The molecule has 2 heterocycles. The van der Waals surface area contributed by atoms with Crippen LogP contribution >= 0.6 is 0 Å². The molecule has 2 aromatic heterocycles. The van der Waals surface area contributed by atoms with Crippen molar-refractivity contribution < 1.29 is 8.78 Å². The van der Waals surface area contributed by atoms with Crippen LogP contribution in [0.1, 0.15) is 0 Å². The van der Waals surface area contributed by atoms with E-state index in [0.29, 0.717) is 6.07 Å². The molecule has 0 saturated heterocycles. The van der Waals surface area contributed by atoms with Gasteiger partial charge >= 0.3 is 0 Å². The number of rotatable bonds is 1. The summed E-state index contributed by atoms with van der Waals surface area (Å²) in [6.07, 6.45) is 2.08. The predicted octanol–water partition coefficient (Wildman–Crippen LogP) is 0.523. The molecule has 0 spiro atoms. The summed E-state index contributed by atoms with van der Waals surface area (Å²) >= 11 is 0. The zero-order valence-corrected chi connectivity index (χ0v) is 6.85. The standard InChI is InChI=1S/C7H5F2N5/c8-4-1-5(9)6(11-2-4)14-3-12-7(10)13-14/h1-3H,(H2,10,13). The average molecular weight is 197 g/mol. The van der Waals surface area contributed by atoms with E-state index in [-0.39, 0.29) is 11.8 Å². The van der Waals surface area contributed by atoms with Gasteiger partial charge in [0.2, 0.25) is 5.95 Å². The quantitative estimate of drug-likeness (QED) is 0.723. The second-order valence-electron chi connectivity index (χ2n) is 2.51. The van der Waals surface area contributed by atoms with Gasteiger partial charge in [0.05, 0.1) is 6.20 Å². The molecule has 0 aliphatic heterocycles. The fourth-order valence-electron chi connectivity index (χ4n) is 0.954. The lowest BCUT2D eigenvalue weighted by Gasteiger charge is -1.99. The Morgan fingerprint density at radius 2 is 2.07 bits per heavy atom. The van der Waals surface area contributed by atoms with Crippen LogP contribution in [0.5, 0.6) is 0 Å². The molecule has 0 aliphatic rings. The third-order valence-electron chi connectivity index (χ3n) is 1.51. The van der Waals surface area contributed by atoms with Crippen LogP contribution in [-0.4, -0.2) is 19.7 Å². The fourth-order valence-corrected chi connectivity index (χ4v) is 0.954. The van der Waals surface area contributed by atoms with E-state index in [1.54, 1.807) is 0 Å². The molecule has 0 amide bonds. The van der Waals surface area contributed by atoms with Gasteiger partial charge in [-0.3, -0.25) is 0 Å². The molecule has 14 heavy (non-hydrogen) atoms. The van der Waals surface area contributed by atoms with Crippen molar-refractivity contribution in [2.24, 2.45) is 0 Å². The van der Waals surface area contributed by atoms with E-state index >= 15 is 0 Å². The van der Waals surface area contributed by atoms with Crippen molar-refractivity contribution >= 4 is 5.95 Å². The highest BCUT2D eigenvalue weighted by atomic mass is 19.1. The van der Waals surface area contributed by atoms with E-state index in [1.807, 2.05) is 0 Å². The molecule has 0 bridgehead atoms. The normalized spacial score (nSPS) is 10.4. The third kappa shape index (κ3) is 1.39. The Hall–Kier alpha value is -2.05. The number of aromatic nitrogens is 4. The Morgan fingerprint density at radius 1 is 1.29 bits per heavy atom. The van der Waals surface area contributed by atoms with Crippen molar-refractivity contribution in [3.8, 4) is 5.82 Å². The SMILES string of the molecule is Nc1ncn(-c2ncc(F)cc2F)n1. The predicted molar refractivity (Wildman–Crippen MR) is 43.5 cm³/mol. The summed E-state index contributed by atoms with van der Waals surface area (Å²) in [6, 6.07) is 0.709. The number of hydrogen-bond acceptors (Lipinski definition) is 4. The van der Waals surface area contributed by atoms with Gasteiger partial charge in [-0.05, 0) is 0 Å². The van der Waals surface area contributed by atoms with Crippen LogP contribution in [0.3, 0.4) is 0 Å². The zero-order chi connectivity index (χ0) is 10.1. The van der Waals surface area contributed by atoms with Gasteiger partial charge in [-0.2, -0.15) is 4.68 Å². The van der Waals surface area contributed by atoms with Crippen molar-refractivity contribution in [3.05, 3.63) is 30.2 Å². The number of nitrogens with two attached hydrogens (primary N) is 1. The van der Waals surface area contributed by atoms with Crippen molar-refractivity contribution in [2.75, 3.05) is 5.73 Å². The molecule has 0 aromatic carbocycles. The Labute approximate surface area is 77.2 Å². The van der Waals surface area contributed by atoms with Crippen LogP contribution in [0.15, 0.2) is 18.6 Å². The number of halogens is 2. The maximum atomic E-state index is 13.1. The molecule has 0 radical (unpaired) electrons. The summed E-state index contributed by atoms with van der Waals surface area (Å²) < 4.78 is 26.6. The van der Waals surface area contributed by atoms with Crippen LogP contribution in [0, 0.1) is 11.6 Å². The maximum absolute atomic E-state index is 13.1. The number of nitrogen functional groups attached to an aromatic ring is 1. The molecule has 0 aliphatic carbocycles. The van der Waals surface area contributed by atoms with Crippen molar-refractivity contribution in [1.29, 1.82) is 0 Å². The molecule has 2 N–H and O–H groups in total. The summed E-state index contributed by atoms with van der Waals surface area (Å²) in [6.45, 7) is 0. The van der Waals surface area contributed by atoms with Gasteiger partial charge in [-0.25, -0.2) is 18.7 Å². The first-order chi connectivity index (χ1) is 6.66. The molecular weight excluding hydrogens is 192 g/mol. The number of anilines is 1. The third-order valence-corrected chi connectivity index (χ3v) is 1.51. The zero-order valence-electron chi connectivity index (χ0n) is 6.85. The smallest absolute Gasteiger partial charge is 0.239 e. The Kier molecular flexibility index (Phi) is 1.84. The molecule has 5 nitrogen and oxygen atoms in total. The molecule has 0 atom stereocenters. The molecule has 0 unspecified atom stereocenters. The van der Waals surface area contributed by atoms with Crippen LogP contribution < -0.4 is 5.73 Å². The molecular formula is C7H5F2N5. The van der Waals surface area contributed by atoms with Crippen LogP contribution in [0.25, 0.3) is 5.82 Å². The van der Waals surface area contributed by atoms with Gasteiger partial charge < -0.3 is 5.73 Å². The van der Waals surface area contributed by atoms with E-state index in [2.05, 4.69) is 15.1 Å². The summed E-state index contributed by atoms with van der Waals surface area (Å²) in [7, 11) is 0. The molecule has 0 fully saturated rings. The molecule has 2 aromatic rings. The van der Waals surface area contributed by atoms with E-state index in [0.717, 1.165) is 10.9 Å². The Bertz CT molecular complexity index is 467. The summed E-state index contributed by atoms with van der Waals surface area (Å²) in [4.78, 5) is 7.10. The van der Waals surface area contributed by atoms with E-state index in [1.165, 1.54) is 6.33 Å². The highest BCUT2D eigenvalue weighted by Crippen LogP contribution is 2.09. The summed E-state index contributed by atoms with van der Waals surface area (Å²) in [5.41, 5.74) is 5.23. The lowest BCUT2D eigenvalue weighted by Crippen LogP contribution is -2.02. The minimum absolute atomic E-state index is 0.00414. The first-order valence-corrected chi connectivity index (χ1v) is 3.65. The number of hydrogen-bond donors (Lipinski definition) is 1. The lowest BCUT2D eigenvalue weighted by molar-refractivity contribution is 0.560. The van der Waals surface area contributed by atoms with Gasteiger partial charge in [0, 0.05) is 6.07 Å². The van der Waals surface area contributed by atoms with Crippen LogP contribution in [-0.2, 0) is 0 Å². The van der Waals surface area contributed by atoms with E-state index in [9.17, 15) is 8.78 Å². The van der Waals surface area contributed by atoms with Gasteiger partial charge in [0.25, 0.3) is 0 Å². The van der Waals surface area contributed by atoms with Crippen LogP contribution in [0.4, 0.5) is 14.7 Å². The number of pyridine rings is 1. The van der Waals surface area contributed by atoms with Crippen molar-refractivity contribution in [1.82, 2.24) is 19.7 Å². The van der Waals surface area contributed by atoms with Gasteiger partial charge in [-0.15, -0.1) is 5.10 Å². The first-order valence-electron chi connectivity index (χ1n) is 3.65. The van der Waals surface area contributed by atoms with E-state index in [4.69, 9.17) is 5.73 Å². The molecule has 2 rings (SSSR count). The van der Waals surface area contributed by atoms with Gasteiger partial charge in [-0.1, -0.05) is 0 Å². The van der Waals surface area contributed by atoms with Crippen LogP contribution in [0.2, 0.25) is 0 Å². The second-order valence-corrected chi connectivity index (χ2v) is 2.51. The molecule has 0 saturated carbocycles. The Balaban J connectivity index is 2.52. The van der Waals surface area contributed by atoms with E-state index < -0.39 is 11.6 Å². The topological polar surface area (TPSA) is 69.6 Å². The second kappa shape index (κ2) is 3.02. The minimum Gasteiger partial charge on any atom is -0.366 e. The highest BCUT2D eigenvalue weighted by Gasteiger charge is 2.08. The largest absolute Gasteiger partial charge is 0.366 e. The monoisotopic (exact) mass is 197 g/mol. The first kappa shape index (κ1) is 8.54. The van der Waals surface area contributed by atoms with Gasteiger partial charge in [0.15, 0.2) is 11.6 Å². The lowest BCUT2D eigenvalue weighted by atomic mass is 10.4. The van der Waals surface area contributed by atoms with Crippen molar-refractivity contribution in [3.63, 3.8) is 0 Å². The highest BCUT2D eigenvalue weighted by molar-refractivity contribution is 5.24. The number of nitrogens with zero attached hydrogens (tertiary/aromatic N) is 4. The Morgan fingerprint density at radius 3 is 2.64 bits per heavy atom. The summed E-state index contributed by atoms with van der Waals surface area (Å²) in [5.74, 6) is -1.72. The minimum atomic E-state index is -0.824. The maximum Gasteiger partial charge on any atom is 0.239 e. The fraction of sp³-hybridized carbons (Fsp3) is 0. The average Bonchev–Trinajstić information content (AvgIpc) is 2.51.